The molecule has 1 atom stereocenters. The molecule has 2 N–H and O–H groups in total. The summed E-state index contributed by atoms with van der Waals surface area (Å²) in [7, 11) is 0. The summed E-state index contributed by atoms with van der Waals surface area (Å²) >= 11 is 0. The van der Waals surface area contributed by atoms with Gasteiger partial charge in [-0.1, -0.05) is 0 Å². The number of rotatable bonds is 7. The number of amides is 1. The Balaban J connectivity index is 1.49. The second-order valence-corrected chi connectivity index (χ2v) is 5.27. The molecule has 104 valence electrons. The monoisotopic (exact) mass is 255 g/mol. The lowest BCUT2D eigenvalue weighted by atomic mass is 10.3. The highest BCUT2D eigenvalue weighted by molar-refractivity contribution is 5.81. The van der Waals surface area contributed by atoms with Crippen molar-refractivity contribution in [2.45, 2.75) is 38.3 Å². The zero-order chi connectivity index (χ0) is 12.8. The average Bonchev–Trinajstić information content (AvgIpc) is 3.19. The molecule has 0 aromatic heterocycles. The van der Waals surface area contributed by atoms with Crippen LogP contribution in [0.3, 0.4) is 0 Å². The number of ether oxygens (including phenoxy) is 1. The van der Waals surface area contributed by atoms with Gasteiger partial charge in [-0.2, -0.15) is 0 Å². The zero-order valence-electron chi connectivity index (χ0n) is 11.3. The molecule has 0 radical (unpaired) electrons. The van der Waals surface area contributed by atoms with Gasteiger partial charge in [0.2, 0.25) is 5.91 Å². The molecule has 1 amide bonds. The molecule has 2 rings (SSSR count). The van der Waals surface area contributed by atoms with Crippen molar-refractivity contribution >= 4 is 5.91 Å². The summed E-state index contributed by atoms with van der Waals surface area (Å²) in [5, 5.41) is 6.30. The van der Waals surface area contributed by atoms with Gasteiger partial charge in [-0.3, -0.25) is 9.69 Å². The van der Waals surface area contributed by atoms with Gasteiger partial charge >= 0.3 is 0 Å². The molecule has 2 fully saturated rings. The molecule has 1 aliphatic carbocycles. The van der Waals surface area contributed by atoms with Crippen molar-refractivity contribution < 1.29 is 9.53 Å². The van der Waals surface area contributed by atoms with Gasteiger partial charge in [-0.05, 0) is 39.3 Å². The van der Waals surface area contributed by atoms with Crippen molar-refractivity contribution in [2.75, 3.05) is 39.4 Å². The molecule has 1 saturated carbocycles. The Hall–Kier alpha value is -0.650. The third kappa shape index (κ3) is 4.92. The van der Waals surface area contributed by atoms with Gasteiger partial charge in [0.25, 0.3) is 0 Å². The van der Waals surface area contributed by atoms with Crippen LogP contribution in [0.2, 0.25) is 0 Å². The van der Waals surface area contributed by atoms with Crippen molar-refractivity contribution in [1.82, 2.24) is 15.5 Å². The molecule has 5 nitrogen and oxygen atoms in total. The number of hydrogen-bond acceptors (Lipinski definition) is 4. The second-order valence-electron chi connectivity index (χ2n) is 5.27. The van der Waals surface area contributed by atoms with Gasteiger partial charge in [-0.25, -0.2) is 0 Å². The third-order valence-electron chi connectivity index (χ3n) is 3.52. The van der Waals surface area contributed by atoms with E-state index in [1.807, 2.05) is 6.92 Å². The first-order chi connectivity index (χ1) is 8.75. The van der Waals surface area contributed by atoms with Crippen LogP contribution in [0.15, 0.2) is 0 Å². The van der Waals surface area contributed by atoms with Gasteiger partial charge in [0.05, 0.1) is 19.3 Å². The van der Waals surface area contributed by atoms with Crippen molar-refractivity contribution in [3.63, 3.8) is 0 Å². The van der Waals surface area contributed by atoms with Crippen LogP contribution in [-0.4, -0.2) is 62.3 Å². The summed E-state index contributed by atoms with van der Waals surface area (Å²) in [6, 6.07) is 0.380. The fourth-order valence-corrected chi connectivity index (χ4v) is 2.09. The fourth-order valence-electron chi connectivity index (χ4n) is 2.09. The molecule has 1 heterocycles. The van der Waals surface area contributed by atoms with E-state index in [0.29, 0.717) is 6.04 Å². The van der Waals surface area contributed by atoms with Gasteiger partial charge in [0.1, 0.15) is 0 Å². The number of morpholine rings is 1. The Morgan fingerprint density at radius 2 is 2.11 bits per heavy atom. The number of nitrogens with one attached hydrogen (secondary N) is 2. The summed E-state index contributed by atoms with van der Waals surface area (Å²) in [5.74, 6) is 0.142. The summed E-state index contributed by atoms with van der Waals surface area (Å²) in [4.78, 5) is 14.1. The highest BCUT2D eigenvalue weighted by Crippen LogP contribution is 2.18. The maximum absolute atomic E-state index is 11.7. The number of carbonyl (C=O) groups is 1. The highest BCUT2D eigenvalue weighted by atomic mass is 16.5. The lowest BCUT2D eigenvalue weighted by Crippen LogP contribution is -2.44. The third-order valence-corrected chi connectivity index (χ3v) is 3.52. The van der Waals surface area contributed by atoms with E-state index >= 15 is 0 Å². The van der Waals surface area contributed by atoms with E-state index in [4.69, 9.17) is 4.74 Å². The maximum Gasteiger partial charge on any atom is 0.237 e. The molecule has 0 aromatic carbocycles. The van der Waals surface area contributed by atoms with Crippen LogP contribution in [0, 0.1) is 0 Å². The number of carbonyl (C=O) groups excluding carboxylic acids is 1. The smallest absolute Gasteiger partial charge is 0.237 e. The van der Waals surface area contributed by atoms with Gasteiger partial charge < -0.3 is 15.4 Å². The van der Waals surface area contributed by atoms with Crippen LogP contribution in [-0.2, 0) is 9.53 Å². The lowest BCUT2D eigenvalue weighted by molar-refractivity contribution is -0.122. The van der Waals surface area contributed by atoms with Crippen LogP contribution in [0.1, 0.15) is 26.2 Å². The maximum atomic E-state index is 11.7. The zero-order valence-corrected chi connectivity index (χ0v) is 11.3. The van der Waals surface area contributed by atoms with Crippen molar-refractivity contribution in [1.29, 1.82) is 0 Å². The lowest BCUT2D eigenvalue weighted by Gasteiger charge is -2.26. The first-order valence-corrected chi connectivity index (χ1v) is 7.09. The Morgan fingerprint density at radius 1 is 1.39 bits per heavy atom. The van der Waals surface area contributed by atoms with Crippen LogP contribution in [0.25, 0.3) is 0 Å². The Kier molecular flexibility index (Phi) is 5.41. The summed E-state index contributed by atoms with van der Waals surface area (Å²) < 4.78 is 5.31. The van der Waals surface area contributed by atoms with E-state index in [9.17, 15) is 4.79 Å². The molecular weight excluding hydrogens is 230 g/mol. The molecule has 18 heavy (non-hydrogen) atoms. The fraction of sp³-hybridized carbons (Fsp3) is 0.923. The number of nitrogens with zero attached hydrogens (tertiary/aromatic N) is 1. The Bertz CT molecular complexity index is 263. The topological polar surface area (TPSA) is 53.6 Å². The Morgan fingerprint density at radius 3 is 2.78 bits per heavy atom. The predicted octanol–water partition coefficient (Wildman–Crippen LogP) is -0.0346. The minimum atomic E-state index is -0.0738. The van der Waals surface area contributed by atoms with Crippen molar-refractivity contribution in [3.05, 3.63) is 0 Å². The van der Waals surface area contributed by atoms with E-state index < -0.39 is 0 Å². The standard InChI is InChI=1S/C13H25N3O2/c1-11(13(17)15-12-3-4-12)14-5-2-6-16-7-9-18-10-8-16/h11-12,14H,2-10H2,1H3,(H,15,17). The van der Waals surface area contributed by atoms with Gasteiger partial charge in [0.15, 0.2) is 0 Å². The van der Waals surface area contributed by atoms with E-state index in [1.54, 1.807) is 0 Å². The normalized spacial score (nSPS) is 22.7. The quantitative estimate of drug-likeness (QED) is 0.627. The molecule has 1 saturated heterocycles. The molecule has 1 aliphatic heterocycles. The summed E-state index contributed by atoms with van der Waals surface area (Å²) in [6.45, 7) is 7.72. The van der Waals surface area contributed by atoms with E-state index in [-0.39, 0.29) is 11.9 Å². The van der Waals surface area contributed by atoms with Crippen LogP contribution in [0.4, 0.5) is 0 Å². The van der Waals surface area contributed by atoms with Crippen LogP contribution in [0.5, 0.6) is 0 Å². The minimum Gasteiger partial charge on any atom is -0.379 e. The molecule has 0 bridgehead atoms. The summed E-state index contributed by atoms with van der Waals surface area (Å²) in [5.41, 5.74) is 0. The predicted molar refractivity (Wildman–Crippen MR) is 70.5 cm³/mol. The van der Waals surface area contributed by atoms with Crippen LogP contribution >= 0.6 is 0 Å². The van der Waals surface area contributed by atoms with E-state index in [0.717, 1.165) is 58.7 Å². The number of hydrogen-bond donors (Lipinski definition) is 2. The molecule has 1 unspecified atom stereocenters. The van der Waals surface area contributed by atoms with E-state index in [2.05, 4.69) is 15.5 Å². The average molecular weight is 255 g/mol. The van der Waals surface area contributed by atoms with Gasteiger partial charge in [0, 0.05) is 19.1 Å². The summed E-state index contributed by atoms with van der Waals surface area (Å²) in [6.07, 6.45) is 3.38. The minimum absolute atomic E-state index is 0.0738. The molecule has 5 heteroatoms. The molecule has 0 spiro atoms. The Labute approximate surface area is 109 Å². The van der Waals surface area contributed by atoms with Crippen molar-refractivity contribution in [2.24, 2.45) is 0 Å². The second kappa shape index (κ2) is 7.07. The van der Waals surface area contributed by atoms with Crippen molar-refractivity contribution in [3.8, 4) is 0 Å². The van der Waals surface area contributed by atoms with Gasteiger partial charge in [-0.15, -0.1) is 0 Å². The molecule has 0 aromatic rings. The first kappa shape index (κ1) is 13.8. The van der Waals surface area contributed by atoms with Crippen LogP contribution < -0.4 is 10.6 Å². The molecular formula is C13H25N3O2. The largest absolute Gasteiger partial charge is 0.379 e. The molecule has 2 aliphatic rings. The van der Waals surface area contributed by atoms with E-state index in [1.165, 1.54) is 0 Å². The first-order valence-electron chi connectivity index (χ1n) is 7.09. The SMILES string of the molecule is CC(NCCCN1CCOCC1)C(=O)NC1CC1. The highest BCUT2D eigenvalue weighted by Gasteiger charge is 2.25.